The zero-order valence-corrected chi connectivity index (χ0v) is 8.70. The van der Waals surface area contributed by atoms with E-state index in [-0.39, 0.29) is 5.56 Å². The standard InChI is InChI=1S/C11H14FN3/c1-15(7-3-6-13)11-5-2-4-10(12)9(11)8-14/h2,4-5H,3,6-7,13H2,1H3. The maximum Gasteiger partial charge on any atom is 0.143 e. The normalized spacial score (nSPS) is 9.73. The van der Waals surface area contributed by atoms with Crippen LogP contribution in [0, 0.1) is 17.1 Å². The zero-order chi connectivity index (χ0) is 11.3. The van der Waals surface area contributed by atoms with Crippen LogP contribution in [0.3, 0.4) is 0 Å². The average Bonchev–Trinajstić information content (AvgIpc) is 2.25. The molecule has 0 spiro atoms. The summed E-state index contributed by atoms with van der Waals surface area (Å²) in [6, 6.07) is 6.50. The number of halogens is 1. The summed E-state index contributed by atoms with van der Waals surface area (Å²) in [4.78, 5) is 1.84. The van der Waals surface area contributed by atoms with Gasteiger partial charge >= 0.3 is 0 Å². The van der Waals surface area contributed by atoms with Gasteiger partial charge < -0.3 is 10.6 Å². The van der Waals surface area contributed by atoms with Crippen molar-refractivity contribution in [3.8, 4) is 6.07 Å². The number of anilines is 1. The summed E-state index contributed by atoms with van der Waals surface area (Å²) < 4.78 is 13.3. The van der Waals surface area contributed by atoms with Crippen molar-refractivity contribution in [2.75, 3.05) is 25.0 Å². The molecule has 1 aromatic carbocycles. The van der Waals surface area contributed by atoms with Crippen molar-refractivity contribution < 1.29 is 4.39 Å². The fourth-order valence-corrected chi connectivity index (χ4v) is 1.39. The second-order valence-corrected chi connectivity index (χ2v) is 3.31. The topological polar surface area (TPSA) is 53.0 Å². The lowest BCUT2D eigenvalue weighted by atomic mass is 10.1. The quantitative estimate of drug-likeness (QED) is 0.813. The van der Waals surface area contributed by atoms with Crippen LogP contribution in [0.15, 0.2) is 18.2 Å². The number of nitrogens with two attached hydrogens (primary N) is 1. The van der Waals surface area contributed by atoms with Gasteiger partial charge in [-0.3, -0.25) is 0 Å². The van der Waals surface area contributed by atoms with E-state index in [9.17, 15) is 4.39 Å². The van der Waals surface area contributed by atoms with E-state index in [1.165, 1.54) is 6.07 Å². The smallest absolute Gasteiger partial charge is 0.143 e. The van der Waals surface area contributed by atoms with Gasteiger partial charge in [0.1, 0.15) is 17.4 Å². The highest BCUT2D eigenvalue weighted by molar-refractivity contribution is 5.59. The number of hydrogen-bond acceptors (Lipinski definition) is 3. The molecule has 80 valence electrons. The van der Waals surface area contributed by atoms with Gasteiger partial charge in [0.25, 0.3) is 0 Å². The molecule has 0 aliphatic heterocycles. The first-order valence-electron chi connectivity index (χ1n) is 4.80. The van der Waals surface area contributed by atoms with Crippen LogP contribution < -0.4 is 10.6 Å². The van der Waals surface area contributed by atoms with Crippen LogP contribution in [0.5, 0.6) is 0 Å². The molecule has 0 saturated carbocycles. The second kappa shape index (κ2) is 5.32. The van der Waals surface area contributed by atoms with Gasteiger partial charge in [0.2, 0.25) is 0 Å². The van der Waals surface area contributed by atoms with Crippen LogP contribution in [-0.2, 0) is 0 Å². The lowest BCUT2D eigenvalue weighted by molar-refractivity contribution is 0.623. The van der Waals surface area contributed by atoms with E-state index in [0.29, 0.717) is 18.8 Å². The maximum absolute atomic E-state index is 13.3. The van der Waals surface area contributed by atoms with Crippen molar-refractivity contribution >= 4 is 5.69 Å². The molecule has 4 heteroatoms. The number of benzene rings is 1. The van der Waals surface area contributed by atoms with Gasteiger partial charge in [-0.1, -0.05) is 6.07 Å². The van der Waals surface area contributed by atoms with Crippen molar-refractivity contribution in [1.29, 1.82) is 5.26 Å². The largest absolute Gasteiger partial charge is 0.373 e. The van der Waals surface area contributed by atoms with E-state index in [1.54, 1.807) is 12.1 Å². The van der Waals surface area contributed by atoms with Crippen molar-refractivity contribution in [2.45, 2.75) is 6.42 Å². The van der Waals surface area contributed by atoms with E-state index in [1.807, 2.05) is 18.0 Å². The minimum absolute atomic E-state index is 0.0945. The van der Waals surface area contributed by atoms with Gasteiger partial charge in [0, 0.05) is 13.6 Å². The Kier molecular flexibility index (Phi) is 4.07. The van der Waals surface area contributed by atoms with E-state index in [0.717, 1.165) is 6.42 Å². The molecule has 0 aromatic heterocycles. The molecule has 1 aromatic rings. The SMILES string of the molecule is CN(CCCN)c1cccc(F)c1C#N. The Morgan fingerprint density at radius 2 is 2.27 bits per heavy atom. The number of hydrogen-bond donors (Lipinski definition) is 1. The second-order valence-electron chi connectivity index (χ2n) is 3.31. The van der Waals surface area contributed by atoms with Crippen molar-refractivity contribution in [3.63, 3.8) is 0 Å². The molecule has 0 bridgehead atoms. The number of nitriles is 1. The third-order valence-corrected chi connectivity index (χ3v) is 2.21. The molecule has 0 aliphatic carbocycles. The molecular formula is C11H14FN3. The van der Waals surface area contributed by atoms with E-state index < -0.39 is 5.82 Å². The summed E-state index contributed by atoms with van der Waals surface area (Å²) in [5.74, 6) is -0.477. The number of nitrogens with zero attached hydrogens (tertiary/aromatic N) is 2. The first-order chi connectivity index (χ1) is 7.20. The van der Waals surface area contributed by atoms with Crippen LogP contribution in [-0.4, -0.2) is 20.1 Å². The van der Waals surface area contributed by atoms with E-state index >= 15 is 0 Å². The van der Waals surface area contributed by atoms with Gasteiger partial charge in [-0.05, 0) is 25.1 Å². The summed E-state index contributed by atoms with van der Waals surface area (Å²) in [5.41, 5.74) is 6.10. The summed E-state index contributed by atoms with van der Waals surface area (Å²) in [6.07, 6.45) is 0.817. The Morgan fingerprint density at radius 3 is 2.87 bits per heavy atom. The molecule has 0 amide bonds. The fourth-order valence-electron chi connectivity index (χ4n) is 1.39. The van der Waals surface area contributed by atoms with Gasteiger partial charge in [-0.15, -0.1) is 0 Å². The molecule has 0 heterocycles. The molecule has 0 fully saturated rings. The molecule has 15 heavy (non-hydrogen) atoms. The molecule has 0 aliphatic rings. The molecular weight excluding hydrogens is 193 g/mol. The Hall–Kier alpha value is -1.60. The van der Waals surface area contributed by atoms with Crippen LogP contribution in [0.25, 0.3) is 0 Å². The van der Waals surface area contributed by atoms with Gasteiger partial charge in [0.15, 0.2) is 0 Å². The third-order valence-electron chi connectivity index (χ3n) is 2.21. The van der Waals surface area contributed by atoms with Crippen LogP contribution in [0.4, 0.5) is 10.1 Å². The first kappa shape index (κ1) is 11.5. The summed E-state index contributed by atoms with van der Waals surface area (Å²) in [6.45, 7) is 1.30. The highest BCUT2D eigenvalue weighted by Gasteiger charge is 2.10. The van der Waals surface area contributed by atoms with E-state index in [2.05, 4.69) is 0 Å². The summed E-state index contributed by atoms with van der Waals surface area (Å²) in [7, 11) is 1.82. The first-order valence-corrected chi connectivity index (χ1v) is 4.80. The average molecular weight is 207 g/mol. The van der Waals surface area contributed by atoms with Gasteiger partial charge in [0.05, 0.1) is 5.69 Å². The minimum atomic E-state index is -0.477. The van der Waals surface area contributed by atoms with Crippen LogP contribution >= 0.6 is 0 Å². The van der Waals surface area contributed by atoms with Gasteiger partial charge in [-0.25, -0.2) is 4.39 Å². The summed E-state index contributed by atoms with van der Waals surface area (Å²) >= 11 is 0. The van der Waals surface area contributed by atoms with Gasteiger partial charge in [-0.2, -0.15) is 5.26 Å². The Morgan fingerprint density at radius 1 is 1.53 bits per heavy atom. The molecule has 1 rings (SSSR count). The highest BCUT2D eigenvalue weighted by Crippen LogP contribution is 2.21. The van der Waals surface area contributed by atoms with E-state index in [4.69, 9.17) is 11.0 Å². The third kappa shape index (κ3) is 2.67. The van der Waals surface area contributed by atoms with Crippen LogP contribution in [0.1, 0.15) is 12.0 Å². The minimum Gasteiger partial charge on any atom is -0.373 e. The molecule has 0 saturated heterocycles. The maximum atomic E-state index is 13.3. The molecule has 0 atom stereocenters. The summed E-state index contributed by atoms with van der Waals surface area (Å²) in [5, 5.41) is 8.83. The molecule has 2 N–H and O–H groups in total. The monoisotopic (exact) mass is 207 g/mol. The Balaban J connectivity index is 2.93. The van der Waals surface area contributed by atoms with Crippen molar-refractivity contribution in [2.24, 2.45) is 5.73 Å². The molecule has 3 nitrogen and oxygen atoms in total. The van der Waals surface area contributed by atoms with Crippen molar-refractivity contribution in [1.82, 2.24) is 0 Å². The predicted molar refractivity (Wildman–Crippen MR) is 58.1 cm³/mol. The predicted octanol–water partition coefficient (Wildman–Crippen LogP) is 1.48. The van der Waals surface area contributed by atoms with Crippen molar-refractivity contribution in [3.05, 3.63) is 29.6 Å². The zero-order valence-electron chi connectivity index (χ0n) is 8.70. The Bertz CT molecular complexity index is 371. The highest BCUT2D eigenvalue weighted by atomic mass is 19.1. The fraction of sp³-hybridized carbons (Fsp3) is 0.364. The number of rotatable bonds is 4. The van der Waals surface area contributed by atoms with Crippen LogP contribution in [0.2, 0.25) is 0 Å². The lowest BCUT2D eigenvalue weighted by Gasteiger charge is -2.20. The Labute approximate surface area is 88.9 Å². The lowest BCUT2D eigenvalue weighted by Crippen LogP contribution is -2.22. The molecule has 0 unspecified atom stereocenters. The molecule has 0 radical (unpaired) electrons.